The predicted octanol–water partition coefficient (Wildman–Crippen LogP) is 0.189. The molecule has 5 heteroatoms. The van der Waals surface area contributed by atoms with Crippen LogP contribution in [0, 0.1) is 5.92 Å². The van der Waals surface area contributed by atoms with Crippen LogP contribution in [0.5, 0.6) is 0 Å². The summed E-state index contributed by atoms with van der Waals surface area (Å²) in [5.74, 6) is -0.395. The van der Waals surface area contributed by atoms with Gasteiger partial charge in [-0.25, -0.2) is 0 Å². The number of hydrogen-bond donors (Lipinski definition) is 1. The average molecular weight is 231 g/mol. The Morgan fingerprint density at radius 1 is 1.44 bits per heavy atom. The van der Waals surface area contributed by atoms with Crippen molar-refractivity contribution < 1.29 is 19.0 Å². The molecular formula is C11H21NO4. The van der Waals surface area contributed by atoms with Gasteiger partial charge in [-0.15, -0.1) is 0 Å². The summed E-state index contributed by atoms with van der Waals surface area (Å²) in [4.78, 5) is 11.7. The lowest BCUT2D eigenvalue weighted by atomic mass is 10.0. The summed E-state index contributed by atoms with van der Waals surface area (Å²) >= 11 is 0. The van der Waals surface area contributed by atoms with Crippen molar-refractivity contribution in [1.29, 1.82) is 0 Å². The zero-order valence-corrected chi connectivity index (χ0v) is 10.2. The Hall–Kier alpha value is -0.650. The molecule has 16 heavy (non-hydrogen) atoms. The van der Waals surface area contributed by atoms with Gasteiger partial charge in [0.05, 0.1) is 31.8 Å². The first-order valence-corrected chi connectivity index (χ1v) is 5.68. The molecule has 1 heterocycles. The van der Waals surface area contributed by atoms with Gasteiger partial charge in [-0.3, -0.25) is 4.79 Å². The monoisotopic (exact) mass is 231 g/mol. The van der Waals surface area contributed by atoms with Crippen molar-refractivity contribution in [3.05, 3.63) is 0 Å². The summed E-state index contributed by atoms with van der Waals surface area (Å²) in [5, 5.41) is 3.05. The highest BCUT2D eigenvalue weighted by Crippen LogP contribution is 2.14. The largest absolute Gasteiger partial charge is 0.463 e. The summed E-state index contributed by atoms with van der Waals surface area (Å²) in [5.41, 5.74) is 0. The molecule has 0 radical (unpaired) electrons. The van der Waals surface area contributed by atoms with Crippen LogP contribution in [0.1, 0.15) is 13.8 Å². The standard InChI is InChI=1S/C11H21NO4/c1-8(2)15-4-5-16-11(13)9-6-14-7-10(9)12-3/h8-10,12H,4-7H2,1-3H3. The van der Waals surface area contributed by atoms with E-state index >= 15 is 0 Å². The normalized spacial score (nSPS) is 25.0. The van der Waals surface area contributed by atoms with Gasteiger partial charge in [-0.2, -0.15) is 0 Å². The molecule has 2 atom stereocenters. The van der Waals surface area contributed by atoms with E-state index in [2.05, 4.69) is 5.32 Å². The minimum Gasteiger partial charge on any atom is -0.463 e. The molecule has 0 aromatic carbocycles. The summed E-state index contributed by atoms with van der Waals surface area (Å²) < 4.78 is 15.6. The van der Waals surface area contributed by atoms with Gasteiger partial charge in [0.1, 0.15) is 6.61 Å². The lowest BCUT2D eigenvalue weighted by molar-refractivity contribution is -0.151. The van der Waals surface area contributed by atoms with E-state index in [1.54, 1.807) is 0 Å². The maximum atomic E-state index is 11.7. The second-order valence-corrected chi connectivity index (χ2v) is 4.13. The molecule has 0 aromatic rings. The molecule has 1 fully saturated rings. The smallest absolute Gasteiger partial charge is 0.313 e. The van der Waals surface area contributed by atoms with Crippen LogP contribution in [0.4, 0.5) is 0 Å². The van der Waals surface area contributed by atoms with E-state index in [1.165, 1.54) is 0 Å². The van der Waals surface area contributed by atoms with Crippen LogP contribution in [0.3, 0.4) is 0 Å². The maximum Gasteiger partial charge on any atom is 0.313 e. The minimum atomic E-state index is -0.204. The van der Waals surface area contributed by atoms with E-state index < -0.39 is 0 Å². The van der Waals surface area contributed by atoms with Crippen molar-refractivity contribution in [2.45, 2.75) is 26.0 Å². The molecular weight excluding hydrogens is 210 g/mol. The number of carbonyl (C=O) groups excluding carboxylic acids is 1. The molecule has 0 bridgehead atoms. The second kappa shape index (κ2) is 6.83. The average Bonchev–Trinajstić information content (AvgIpc) is 2.71. The van der Waals surface area contributed by atoms with Gasteiger partial charge in [0.25, 0.3) is 0 Å². The quantitative estimate of drug-likeness (QED) is 0.522. The SMILES string of the molecule is CNC1COCC1C(=O)OCCOC(C)C. The number of hydrogen-bond acceptors (Lipinski definition) is 5. The van der Waals surface area contributed by atoms with Gasteiger partial charge < -0.3 is 19.5 Å². The number of esters is 1. The zero-order chi connectivity index (χ0) is 12.0. The van der Waals surface area contributed by atoms with E-state index in [-0.39, 0.29) is 24.0 Å². The molecule has 94 valence electrons. The fourth-order valence-electron chi connectivity index (χ4n) is 1.60. The first-order chi connectivity index (χ1) is 7.65. The van der Waals surface area contributed by atoms with Crippen molar-refractivity contribution >= 4 is 5.97 Å². The van der Waals surface area contributed by atoms with Gasteiger partial charge in [0.15, 0.2) is 0 Å². The number of carbonyl (C=O) groups is 1. The summed E-state index contributed by atoms with van der Waals surface area (Å²) in [6.45, 7) is 5.66. The lowest BCUT2D eigenvalue weighted by Crippen LogP contribution is -2.38. The highest BCUT2D eigenvalue weighted by Gasteiger charge is 2.34. The van der Waals surface area contributed by atoms with E-state index in [9.17, 15) is 4.79 Å². The molecule has 0 spiro atoms. The third-order valence-electron chi connectivity index (χ3n) is 2.53. The minimum absolute atomic E-state index is 0.0681. The lowest BCUT2D eigenvalue weighted by Gasteiger charge is -2.15. The first kappa shape index (κ1) is 13.4. The van der Waals surface area contributed by atoms with Crippen molar-refractivity contribution in [3.63, 3.8) is 0 Å². The molecule has 1 rings (SSSR count). The van der Waals surface area contributed by atoms with Crippen LogP contribution >= 0.6 is 0 Å². The Labute approximate surface area is 96.4 Å². The van der Waals surface area contributed by atoms with Crippen LogP contribution in [-0.4, -0.2) is 51.6 Å². The van der Waals surface area contributed by atoms with Crippen LogP contribution in [0.25, 0.3) is 0 Å². The number of likely N-dealkylation sites (N-methyl/N-ethyl adjacent to an activating group) is 1. The third-order valence-corrected chi connectivity index (χ3v) is 2.53. The topological polar surface area (TPSA) is 56.8 Å². The van der Waals surface area contributed by atoms with E-state index in [0.717, 1.165) is 0 Å². The van der Waals surface area contributed by atoms with Gasteiger partial charge in [-0.05, 0) is 20.9 Å². The van der Waals surface area contributed by atoms with E-state index in [1.807, 2.05) is 20.9 Å². The molecule has 5 nitrogen and oxygen atoms in total. The van der Waals surface area contributed by atoms with Gasteiger partial charge >= 0.3 is 5.97 Å². The Kier molecular flexibility index (Phi) is 5.73. The Morgan fingerprint density at radius 3 is 2.81 bits per heavy atom. The number of ether oxygens (including phenoxy) is 3. The molecule has 0 saturated carbocycles. The van der Waals surface area contributed by atoms with Crippen LogP contribution in [0.2, 0.25) is 0 Å². The first-order valence-electron chi connectivity index (χ1n) is 5.68. The summed E-state index contributed by atoms with van der Waals surface area (Å²) in [7, 11) is 1.82. The maximum absolute atomic E-state index is 11.7. The highest BCUT2D eigenvalue weighted by molar-refractivity contribution is 5.73. The zero-order valence-electron chi connectivity index (χ0n) is 10.2. The second-order valence-electron chi connectivity index (χ2n) is 4.13. The molecule has 2 unspecified atom stereocenters. The summed E-state index contributed by atoms with van der Waals surface area (Å²) in [6, 6.07) is 0.0681. The van der Waals surface area contributed by atoms with Crippen LogP contribution in [-0.2, 0) is 19.0 Å². The van der Waals surface area contributed by atoms with E-state index in [4.69, 9.17) is 14.2 Å². The molecule has 0 aliphatic carbocycles. The number of rotatable bonds is 6. The fourth-order valence-corrected chi connectivity index (χ4v) is 1.60. The van der Waals surface area contributed by atoms with Gasteiger partial charge in [0, 0.05) is 6.04 Å². The molecule has 1 N–H and O–H groups in total. The third kappa shape index (κ3) is 4.08. The Bertz CT molecular complexity index is 220. The molecule has 0 amide bonds. The molecule has 1 saturated heterocycles. The van der Waals surface area contributed by atoms with Crippen molar-refractivity contribution in [2.75, 3.05) is 33.5 Å². The molecule has 1 aliphatic heterocycles. The Balaban J connectivity index is 2.19. The van der Waals surface area contributed by atoms with Crippen molar-refractivity contribution in [1.82, 2.24) is 5.32 Å². The van der Waals surface area contributed by atoms with E-state index in [0.29, 0.717) is 26.4 Å². The van der Waals surface area contributed by atoms with Crippen molar-refractivity contribution in [3.8, 4) is 0 Å². The molecule has 1 aliphatic rings. The van der Waals surface area contributed by atoms with Crippen molar-refractivity contribution in [2.24, 2.45) is 5.92 Å². The summed E-state index contributed by atoms with van der Waals surface area (Å²) in [6.07, 6.45) is 0.165. The highest BCUT2D eigenvalue weighted by atomic mass is 16.6. The van der Waals surface area contributed by atoms with Gasteiger partial charge in [-0.1, -0.05) is 0 Å². The van der Waals surface area contributed by atoms with Crippen LogP contribution in [0.15, 0.2) is 0 Å². The number of nitrogens with one attached hydrogen (secondary N) is 1. The van der Waals surface area contributed by atoms with Crippen LogP contribution < -0.4 is 5.32 Å². The predicted molar refractivity (Wildman–Crippen MR) is 59.2 cm³/mol. The molecule has 0 aromatic heterocycles. The Morgan fingerprint density at radius 2 is 2.19 bits per heavy atom. The van der Waals surface area contributed by atoms with Gasteiger partial charge in [0.2, 0.25) is 0 Å². The fraction of sp³-hybridized carbons (Fsp3) is 0.909.